The molecule has 1 aromatic rings. The Hall–Kier alpha value is -0.850. The molecule has 0 aliphatic heterocycles. The van der Waals surface area contributed by atoms with Crippen molar-refractivity contribution in [1.82, 2.24) is 0 Å². The number of halogens is 1. The highest BCUT2D eigenvalue weighted by Crippen LogP contribution is 2.32. The van der Waals surface area contributed by atoms with Gasteiger partial charge in [-0.25, -0.2) is 0 Å². The molecule has 0 spiro atoms. The molecule has 2 unspecified atom stereocenters. The van der Waals surface area contributed by atoms with Gasteiger partial charge < -0.3 is 5.32 Å². The molecule has 1 aromatic carbocycles. The summed E-state index contributed by atoms with van der Waals surface area (Å²) in [5.74, 6) is 0. The fourth-order valence-electron chi connectivity index (χ4n) is 2.31. The van der Waals surface area contributed by atoms with E-state index < -0.39 is 0 Å². The van der Waals surface area contributed by atoms with E-state index in [1.54, 1.807) is 12.1 Å². The molecular formula is C13H15ClN2S. The predicted octanol–water partition coefficient (Wildman–Crippen LogP) is 3.91. The second-order valence-electron chi connectivity index (χ2n) is 4.26. The van der Waals surface area contributed by atoms with E-state index in [0.717, 1.165) is 5.69 Å². The number of rotatable bonds is 3. The zero-order chi connectivity index (χ0) is 12.3. The summed E-state index contributed by atoms with van der Waals surface area (Å²) in [6, 6.07) is 8.03. The van der Waals surface area contributed by atoms with Gasteiger partial charge in [-0.2, -0.15) is 17.0 Å². The molecule has 1 saturated carbocycles. The van der Waals surface area contributed by atoms with Crippen molar-refractivity contribution in [2.75, 3.05) is 11.6 Å². The second-order valence-corrected chi connectivity index (χ2v) is 5.77. The SMILES string of the molecule is CSC1CCCC1Nc1cc(Cl)ccc1C#N. The van der Waals surface area contributed by atoms with Crippen LogP contribution in [0.15, 0.2) is 18.2 Å². The number of anilines is 1. The van der Waals surface area contributed by atoms with Crippen molar-refractivity contribution in [1.29, 1.82) is 5.26 Å². The average molecular weight is 267 g/mol. The Kier molecular flexibility index (Phi) is 4.20. The van der Waals surface area contributed by atoms with Crippen molar-refractivity contribution < 1.29 is 0 Å². The van der Waals surface area contributed by atoms with Crippen LogP contribution >= 0.6 is 23.4 Å². The lowest BCUT2D eigenvalue weighted by atomic mass is 10.1. The largest absolute Gasteiger partial charge is 0.380 e. The number of nitrogens with zero attached hydrogens (tertiary/aromatic N) is 1. The Bertz CT molecular complexity index is 442. The lowest BCUT2D eigenvalue weighted by Gasteiger charge is -2.21. The molecular weight excluding hydrogens is 252 g/mol. The van der Waals surface area contributed by atoms with Gasteiger partial charge in [0, 0.05) is 16.3 Å². The Morgan fingerprint density at radius 2 is 2.29 bits per heavy atom. The fourth-order valence-corrected chi connectivity index (χ4v) is 3.41. The lowest BCUT2D eigenvalue weighted by Crippen LogP contribution is -2.26. The predicted molar refractivity (Wildman–Crippen MR) is 74.7 cm³/mol. The molecule has 0 radical (unpaired) electrons. The molecule has 17 heavy (non-hydrogen) atoms. The fraction of sp³-hybridized carbons (Fsp3) is 0.462. The highest BCUT2D eigenvalue weighted by molar-refractivity contribution is 7.99. The van der Waals surface area contributed by atoms with Crippen molar-refractivity contribution in [2.24, 2.45) is 0 Å². The third-order valence-electron chi connectivity index (χ3n) is 3.20. The molecule has 1 N–H and O–H groups in total. The lowest BCUT2D eigenvalue weighted by molar-refractivity contribution is 0.768. The zero-order valence-corrected chi connectivity index (χ0v) is 11.3. The maximum Gasteiger partial charge on any atom is 0.101 e. The third kappa shape index (κ3) is 2.88. The summed E-state index contributed by atoms with van der Waals surface area (Å²) in [7, 11) is 0. The van der Waals surface area contributed by atoms with Crippen LogP contribution in [0.2, 0.25) is 5.02 Å². The zero-order valence-electron chi connectivity index (χ0n) is 9.74. The second kappa shape index (κ2) is 5.66. The van der Waals surface area contributed by atoms with E-state index in [1.807, 2.05) is 17.8 Å². The van der Waals surface area contributed by atoms with E-state index in [1.165, 1.54) is 19.3 Å². The molecule has 90 valence electrons. The summed E-state index contributed by atoms with van der Waals surface area (Å²) in [4.78, 5) is 0. The number of nitrogens with one attached hydrogen (secondary N) is 1. The summed E-state index contributed by atoms with van der Waals surface area (Å²) in [5, 5.41) is 13.9. The molecule has 2 rings (SSSR count). The molecule has 0 heterocycles. The highest BCUT2D eigenvalue weighted by atomic mass is 35.5. The number of nitriles is 1. The van der Waals surface area contributed by atoms with Gasteiger partial charge in [-0.3, -0.25) is 0 Å². The first kappa shape index (κ1) is 12.6. The first-order valence-electron chi connectivity index (χ1n) is 5.73. The summed E-state index contributed by atoms with van der Waals surface area (Å²) >= 11 is 7.87. The summed E-state index contributed by atoms with van der Waals surface area (Å²) in [5.41, 5.74) is 1.53. The van der Waals surface area contributed by atoms with Crippen LogP contribution in [0.3, 0.4) is 0 Å². The summed E-state index contributed by atoms with van der Waals surface area (Å²) in [6.07, 6.45) is 5.82. The minimum absolute atomic E-state index is 0.454. The van der Waals surface area contributed by atoms with Gasteiger partial charge in [0.25, 0.3) is 0 Å². The molecule has 2 atom stereocenters. The van der Waals surface area contributed by atoms with E-state index in [4.69, 9.17) is 16.9 Å². The molecule has 1 aliphatic rings. The smallest absolute Gasteiger partial charge is 0.101 e. The standard InChI is InChI=1S/C13H15ClN2S/c1-17-13-4-2-3-11(13)16-12-7-10(14)6-5-9(12)8-15/h5-7,11,13,16H,2-4H2,1H3. The molecule has 2 nitrogen and oxygen atoms in total. The molecule has 0 aromatic heterocycles. The highest BCUT2D eigenvalue weighted by Gasteiger charge is 2.26. The van der Waals surface area contributed by atoms with E-state index >= 15 is 0 Å². The molecule has 0 amide bonds. The Balaban J connectivity index is 2.18. The molecule has 0 bridgehead atoms. The van der Waals surface area contributed by atoms with Gasteiger partial charge in [0.2, 0.25) is 0 Å². The van der Waals surface area contributed by atoms with Crippen molar-refractivity contribution in [2.45, 2.75) is 30.6 Å². The number of benzene rings is 1. The van der Waals surface area contributed by atoms with Gasteiger partial charge in [-0.15, -0.1) is 0 Å². The molecule has 1 fully saturated rings. The Morgan fingerprint density at radius 3 is 3.00 bits per heavy atom. The van der Waals surface area contributed by atoms with Crippen LogP contribution in [0.4, 0.5) is 5.69 Å². The minimum Gasteiger partial charge on any atom is -0.380 e. The minimum atomic E-state index is 0.454. The van der Waals surface area contributed by atoms with E-state index in [2.05, 4.69) is 17.6 Å². The molecule has 0 saturated heterocycles. The normalized spacial score (nSPS) is 23.4. The van der Waals surface area contributed by atoms with Crippen molar-refractivity contribution in [3.8, 4) is 6.07 Å². The van der Waals surface area contributed by atoms with Gasteiger partial charge in [0.05, 0.1) is 11.3 Å². The van der Waals surface area contributed by atoms with E-state index in [0.29, 0.717) is 21.9 Å². The Labute approximate surface area is 111 Å². The summed E-state index contributed by atoms with van der Waals surface area (Å²) in [6.45, 7) is 0. The molecule has 4 heteroatoms. The monoisotopic (exact) mass is 266 g/mol. The van der Waals surface area contributed by atoms with Crippen LogP contribution in [-0.4, -0.2) is 17.5 Å². The van der Waals surface area contributed by atoms with Gasteiger partial charge in [0.15, 0.2) is 0 Å². The van der Waals surface area contributed by atoms with E-state index in [-0.39, 0.29) is 0 Å². The Morgan fingerprint density at radius 1 is 1.47 bits per heavy atom. The number of thioether (sulfide) groups is 1. The quantitative estimate of drug-likeness (QED) is 0.901. The molecule has 1 aliphatic carbocycles. The van der Waals surface area contributed by atoms with Crippen LogP contribution in [0.1, 0.15) is 24.8 Å². The van der Waals surface area contributed by atoms with Crippen LogP contribution in [0, 0.1) is 11.3 Å². The number of hydrogen-bond acceptors (Lipinski definition) is 3. The summed E-state index contributed by atoms with van der Waals surface area (Å²) < 4.78 is 0. The van der Waals surface area contributed by atoms with Crippen LogP contribution in [-0.2, 0) is 0 Å². The van der Waals surface area contributed by atoms with Gasteiger partial charge >= 0.3 is 0 Å². The third-order valence-corrected chi connectivity index (χ3v) is 4.60. The van der Waals surface area contributed by atoms with Gasteiger partial charge in [-0.05, 0) is 37.3 Å². The van der Waals surface area contributed by atoms with Gasteiger partial charge in [0.1, 0.15) is 6.07 Å². The van der Waals surface area contributed by atoms with E-state index in [9.17, 15) is 0 Å². The van der Waals surface area contributed by atoms with Gasteiger partial charge in [-0.1, -0.05) is 18.0 Å². The van der Waals surface area contributed by atoms with Crippen LogP contribution in [0.25, 0.3) is 0 Å². The number of hydrogen-bond donors (Lipinski definition) is 1. The first-order valence-corrected chi connectivity index (χ1v) is 7.40. The maximum atomic E-state index is 9.07. The van der Waals surface area contributed by atoms with Crippen molar-refractivity contribution in [3.63, 3.8) is 0 Å². The van der Waals surface area contributed by atoms with Crippen LogP contribution < -0.4 is 5.32 Å². The van der Waals surface area contributed by atoms with Crippen molar-refractivity contribution >= 4 is 29.1 Å². The first-order chi connectivity index (χ1) is 8.24. The maximum absolute atomic E-state index is 9.07. The average Bonchev–Trinajstić information content (AvgIpc) is 2.77. The van der Waals surface area contributed by atoms with Crippen molar-refractivity contribution in [3.05, 3.63) is 28.8 Å². The van der Waals surface area contributed by atoms with Crippen LogP contribution in [0.5, 0.6) is 0 Å². The topological polar surface area (TPSA) is 35.8 Å².